The number of rotatable bonds is 8. The van der Waals surface area contributed by atoms with Crippen LogP contribution in [0.15, 0.2) is 41.6 Å². The number of nitrogens with two attached hydrogens (primary N) is 1. The number of carbonyl (C=O) groups excluding carboxylic acids is 1. The molecule has 2 aromatic carbocycles. The molecule has 7 nitrogen and oxygen atoms in total. The molecule has 156 valence electrons. The van der Waals surface area contributed by atoms with Crippen LogP contribution in [0.2, 0.25) is 0 Å². The van der Waals surface area contributed by atoms with E-state index in [1.807, 2.05) is 0 Å². The summed E-state index contributed by atoms with van der Waals surface area (Å²) >= 11 is 0. The van der Waals surface area contributed by atoms with E-state index in [0.29, 0.717) is 11.1 Å². The molecule has 29 heavy (non-hydrogen) atoms. The number of aryl methyl sites for hydroxylation is 1. The highest BCUT2D eigenvalue weighted by molar-refractivity contribution is 5.98. The molecule has 1 unspecified atom stereocenters. The minimum absolute atomic E-state index is 0.00681. The van der Waals surface area contributed by atoms with Crippen molar-refractivity contribution in [1.82, 2.24) is 0 Å². The average molecular weight is 411 g/mol. The van der Waals surface area contributed by atoms with Gasteiger partial charge in [0.15, 0.2) is 17.3 Å². The van der Waals surface area contributed by atoms with Gasteiger partial charge in [0.05, 0.1) is 12.8 Å². The number of amidine groups is 1. The van der Waals surface area contributed by atoms with Crippen LogP contribution >= 0.6 is 0 Å². The zero-order chi connectivity index (χ0) is 21.6. The molecule has 1 atom stereocenters. The van der Waals surface area contributed by atoms with Gasteiger partial charge in [-0.1, -0.05) is 11.2 Å². The van der Waals surface area contributed by atoms with Gasteiger partial charge < -0.3 is 25.4 Å². The summed E-state index contributed by atoms with van der Waals surface area (Å²) in [6.07, 6.45) is -1.09. The summed E-state index contributed by atoms with van der Waals surface area (Å²) in [6, 6.07) is 8.30. The van der Waals surface area contributed by atoms with Crippen LogP contribution in [0.1, 0.15) is 18.1 Å². The maximum atomic E-state index is 13.8. The van der Waals surface area contributed by atoms with Crippen LogP contribution < -0.4 is 20.5 Å². The Bertz CT molecular complexity index is 906. The van der Waals surface area contributed by atoms with Crippen LogP contribution in [0.25, 0.3) is 0 Å². The standard InChI is InChI=1S/C19H20F3N3O4/c1-10-4-6-14(13(20)8-10)24-18(26)11(2)29-25-17(23)12-5-7-15(28-19(21)22)16(9-12)27-3/h4-9,11,19H,1-3H3,(H2,23,25)(H,24,26). The van der Waals surface area contributed by atoms with E-state index in [1.54, 1.807) is 13.0 Å². The molecule has 0 spiro atoms. The van der Waals surface area contributed by atoms with Gasteiger partial charge in [0.1, 0.15) is 5.82 Å². The Labute approximate surface area is 165 Å². The van der Waals surface area contributed by atoms with Crippen LogP contribution in [0.3, 0.4) is 0 Å². The topological polar surface area (TPSA) is 95.2 Å². The number of anilines is 1. The van der Waals surface area contributed by atoms with Crippen molar-refractivity contribution in [2.45, 2.75) is 26.6 Å². The molecule has 0 aliphatic carbocycles. The average Bonchev–Trinajstić information content (AvgIpc) is 2.67. The number of hydrogen-bond donors (Lipinski definition) is 2. The first kappa shape index (κ1) is 21.9. The fraction of sp³-hybridized carbons (Fsp3) is 0.263. The number of carbonyl (C=O) groups is 1. The van der Waals surface area contributed by atoms with E-state index in [9.17, 15) is 18.0 Å². The van der Waals surface area contributed by atoms with Crippen molar-refractivity contribution < 1.29 is 32.3 Å². The normalized spacial score (nSPS) is 12.4. The molecule has 0 aliphatic rings. The summed E-state index contributed by atoms with van der Waals surface area (Å²) in [4.78, 5) is 17.2. The summed E-state index contributed by atoms with van der Waals surface area (Å²) in [6.45, 7) is 0.110. The number of ether oxygens (including phenoxy) is 2. The molecule has 0 aliphatic heterocycles. The minimum Gasteiger partial charge on any atom is -0.493 e. The van der Waals surface area contributed by atoms with Crippen molar-refractivity contribution in [3.05, 3.63) is 53.3 Å². The molecule has 2 aromatic rings. The number of benzene rings is 2. The lowest BCUT2D eigenvalue weighted by atomic mass is 10.2. The number of amides is 1. The summed E-state index contributed by atoms with van der Waals surface area (Å²) in [5.41, 5.74) is 6.81. The van der Waals surface area contributed by atoms with Crippen LogP contribution in [0.4, 0.5) is 18.9 Å². The Morgan fingerprint density at radius 2 is 1.90 bits per heavy atom. The summed E-state index contributed by atoms with van der Waals surface area (Å²) in [5.74, 6) is -1.50. The van der Waals surface area contributed by atoms with Gasteiger partial charge in [-0.2, -0.15) is 8.78 Å². The molecular weight excluding hydrogens is 391 g/mol. The first-order valence-electron chi connectivity index (χ1n) is 8.40. The number of alkyl halides is 2. The Morgan fingerprint density at radius 3 is 2.52 bits per heavy atom. The highest BCUT2D eigenvalue weighted by Gasteiger charge is 2.17. The van der Waals surface area contributed by atoms with Crippen LogP contribution in [0.5, 0.6) is 11.5 Å². The van der Waals surface area contributed by atoms with E-state index in [4.69, 9.17) is 15.3 Å². The maximum absolute atomic E-state index is 13.8. The molecular formula is C19H20F3N3O4. The highest BCUT2D eigenvalue weighted by Crippen LogP contribution is 2.29. The van der Waals surface area contributed by atoms with Gasteiger partial charge in [0, 0.05) is 5.56 Å². The van der Waals surface area contributed by atoms with E-state index in [1.165, 1.54) is 44.4 Å². The predicted octanol–water partition coefficient (Wildman–Crippen LogP) is 3.41. The third-order valence-electron chi connectivity index (χ3n) is 3.74. The van der Waals surface area contributed by atoms with Crippen molar-refractivity contribution in [2.24, 2.45) is 10.9 Å². The summed E-state index contributed by atoms with van der Waals surface area (Å²) in [5, 5.41) is 6.04. The van der Waals surface area contributed by atoms with E-state index in [2.05, 4.69) is 15.2 Å². The van der Waals surface area contributed by atoms with Crippen molar-refractivity contribution in [2.75, 3.05) is 12.4 Å². The molecule has 0 saturated carbocycles. The third-order valence-corrected chi connectivity index (χ3v) is 3.74. The van der Waals surface area contributed by atoms with Gasteiger partial charge in [-0.25, -0.2) is 4.39 Å². The fourth-order valence-electron chi connectivity index (χ4n) is 2.21. The van der Waals surface area contributed by atoms with Gasteiger partial charge >= 0.3 is 6.61 Å². The predicted molar refractivity (Wildman–Crippen MR) is 101 cm³/mol. The Hall–Kier alpha value is -3.43. The van der Waals surface area contributed by atoms with Crippen molar-refractivity contribution in [1.29, 1.82) is 0 Å². The number of halogens is 3. The molecule has 10 heteroatoms. The molecule has 0 heterocycles. The van der Waals surface area contributed by atoms with Crippen molar-refractivity contribution in [3.8, 4) is 11.5 Å². The lowest BCUT2D eigenvalue weighted by Gasteiger charge is -2.13. The second kappa shape index (κ2) is 9.67. The van der Waals surface area contributed by atoms with Crippen LogP contribution in [-0.2, 0) is 9.63 Å². The van der Waals surface area contributed by atoms with Crippen molar-refractivity contribution >= 4 is 17.4 Å². The quantitative estimate of drug-likeness (QED) is 0.394. The molecule has 2 rings (SSSR count). The highest BCUT2D eigenvalue weighted by atomic mass is 19.3. The van der Waals surface area contributed by atoms with Gasteiger partial charge in [0.2, 0.25) is 6.10 Å². The molecule has 0 aromatic heterocycles. The largest absolute Gasteiger partial charge is 0.493 e. The number of oxime groups is 1. The number of nitrogens with one attached hydrogen (secondary N) is 1. The van der Waals surface area contributed by atoms with Crippen molar-refractivity contribution in [3.63, 3.8) is 0 Å². The van der Waals surface area contributed by atoms with E-state index < -0.39 is 24.4 Å². The molecule has 0 fully saturated rings. The molecule has 1 amide bonds. The fourth-order valence-corrected chi connectivity index (χ4v) is 2.21. The monoisotopic (exact) mass is 411 g/mol. The molecule has 0 bridgehead atoms. The zero-order valence-electron chi connectivity index (χ0n) is 15.9. The lowest BCUT2D eigenvalue weighted by Crippen LogP contribution is -2.28. The third kappa shape index (κ3) is 6.03. The molecule has 3 N–H and O–H groups in total. The smallest absolute Gasteiger partial charge is 0.387 e. The minimum atomic E-state index is -3.01. The van der Waals surface area contributed by atoms with Gasteiger partial charge in [0.25, 0.3) is 5.91 Å². The Kier molecular flexibility index (Phi) is 7.29. The molecule has 0 saturated heterocycles. The van der Waals surface area contributed by atoms with E-state index >= 15 is 0 Å². The number of nitrogens with zero attached hydrogens (tertiary/aromatic N) is 1. The summed E-state index contributed by atoms with van der Waals surface area (Å²) in [7, 11) is 1.28. The van der Waals surface area contributed by atoms with Crippen LogP contribution in [0, 0.1) is 12.7 Å². The van der Waals surface area contributed by atoms with Gasteiger partial charge in [-0.3, -0.25) is 4.79 Å². The zero-order valence-corrected chi connectivity index (χ0v) is 15.9. The maximum Gasteiger partial charge on any atom is 0.387 e. The first-order chi connectivity index (χ1) is 13.7. The number of methoxy groups -OCH3 is 1. The Balaban J connectivity index is 2.05. The second-order valence-corrected chi connectivity index (χ2v) is 5.94. The van der Waals surface area contributed by atoms with Gasteiger partial charge in [-0.05, 0) is 49.7 Å². The summed E-state index contributed by atoms with van der Waals surface area (Å²) < 4.78 is 47.9. The second-order valence-electron chi connectivity index (χ2n) is 5.94. The lowest BCUT2D eigenvalue weighted by molar-refractivity contribution is -0.126. The van der Waals surface area contributed by atoms with Crippen LogP contribution in [-0.4, -0.2) is 31.6 Å². The first-order valence-corrected chi connectivity index (χ1v) is 8.40. The van der Waals surface area contributed by atoms with Gasteiger partial charge in [-0.15, -0.1) is 0 Å². The number of hydrogen-bond acceptors (Lipinski definition) is 5. The molecule has 0 radical (unpaired) electrons. The Morgan fingerprint density at radius 1 is 1.17 bits per heavy atom. The SMILES string of the molecule is COc1cc(/C(N)=N/OC(C)C(=O)Nc2ccc(C)cc2F)ccc1OC(F)F. The van der Waals surface area contributed by atoms with E-state index in [0.717, 1.165) is 0 Å². The van der Waals surface area contributed by atoms with E-state index in [-0.39, 0.29) is 23.0 Å².